The van der Waals surface area contributed by atoms with Gasteiger partial charge in [0.1, 0.15) is 16.6 Å². The lowest BCUT2D eigenvalue weighted by molar-refractivity contribution is -0.140. The van der Waals surface area contributed by atoms with E-state index in [-0.39, 0.29) is 11.5 Å². The van der Waals surface area contributed by atoms with Gasteiger partial charge in [-0.3, -0.25) is 14.5 Å². The Morgan fingerprint density at radius 3 is 2.26 bits per heavy atom. The molecule has 0 saturated heterocycles. The predicted molar refractivity (Wildman–Crippen MR) is 132 cm³/mol. The van der Waals surface area contributed by atoms with Crippen LogP contribution in [0.2, 0.25) is 0 Å². The van der Waals surface area contributed by atoms with Crippen molar-refractivity contribution >= 4 is 50.2 Å². The molecule has 0 N–H and O–H groups in total. The van der Waals surface area contributed by atoms with Gasteiger partial charge in [0.15, 0.2) is 0 Å². The second kappa shape index (κ2) is 12.2. The fourth-order valence-corrected chi connectivity index (χ4v) is 5.40. The molecule has 31 heavy (non-hydrogen) atoms. The molecule has 5 nitrogen and oxygen atoms in total. The molecule has 0 radical (unpaired) electrons. The molecule has 2 rings (SSSR count). The minimum absolute atomic E-state index is 0.0605. The van der Waals surface area contributed by atoms with Crippen LogP contribution in [0.1, 0.15) is 71.1 Å². The Labute approximate surface area is 198 Å². The van der Waals surface area contributed by atoms with Crippen LogP contribution in [0, 0.1) is 11.3 Å². The molecule has 0 aromatic carbocycles. The molecule has 2 heterocycles. The van der Waals surface area contributed by atoms with E-state index in [0.29, 0.717) is 17.7 Å². The Hall–Kier alpha value is -1.91. The summed E-state index contributed by atoms with van der Waals surface area (Å²) in [6.45, 7) is 10.4. The minimum Gasteiger partial charge on any atom is -0.363 e. The van der Waals surface area contributed by atoms with Crippen molar-refractivity contribution in [3.05, 3.63) is 32.1 Å². The molecule has 1 aromatic rings. The lowest BCUT2D eigenvalue weighted by Gasteiger charge is -2.27. The molecule has 0 bridgehead atoms. The molecule has 0 spiro atoms. The number of hydrogen-bond acceptors (Lipinski definition) is 5. The fourth-order valence-electron chi connectivity index (χ4n) is 3.47. The van der Waals surface area contributed by atoms with E-state index in [9.17, 15) is 14.9 Å². The number of carbonyl (C=O) groups excluding carboxylic acids is 2. The highest BCUT2D eigenvalue weighted by molar-refractivity contribution is 9.10. The van der Waals surface area contributed by atoms with Crippen LogP contribution in [-0.4, -0.2) is 36.3 Å². The van der Waals surface area contributed by atoms with Crippen molar-refractivity contribution in [2.24, 2.45) is 0 Å². The molecule has 0 aliphatic carbocycles. The van der Waals surface area contributed by atoms with Gasteiger partial charge in [-0.25, -0.2) is 0 Å². The first-order chi connectivity index (χ1) is 14.9. The molecule has 0 unspecified atom stereocenters. The molecular weight excluding hydrogens is 474 g/mol. The summed E-state index contributed by atoms with van der Waals surface area (Å²) < 4.78 is 1.01. The number of thiophene rings is 1. The monoisotopic (exact) mass is 505 g/mol. The lowest BCUT2D eigenvalue weighted by Crippen LogP contribution is -2.43. The SMILES string of the molecule is CCCCN1C(=O)C(C#N)=C(C)/C(=C\c2cc(Br)c(N(CCCC)CCCC)s2)C1=O. The van der Waals surface area contributed by atoms with Crippen LogP contribution in [0.3, 0.4) is 0 Å². The zero-order valence-corrected chi connectivity index (χ0v) is 21.4. The number of nitrogens with zero attached hydrogens (tertiary/aromatic N) is 3. The van der Waals surface area contributed by atoms with Crippen molar-refractivity contribution in [3.63, 3.8) is 0 Å². The number of imide groups is 1. The third kappa shape index (κ3) is 6.08. The number of anilines is 1. The molecule has 1 aliphatic rings. The lowest BCUT2D eigenvalue weighted by atomic mass is 9.94. The number of halogens is 1. The summed E-state index contributed by atoms with van der Waals surface area (Å²) in [4.78, 5) is 30.3. The average molecular weight is 507 g/mol. The highest BCUT2D eigenvalue weighted by Crippen LogP contribution is 2.38. The van der Waals surface area contributed by atoms with Crippen LogP contribution < -0.4 is 4.90 Å². The zero-order chi connectivity index (χ0) is 23.0. The van der Waals surface area contributed by atoms with Gasteiger partial charge >= 0.3 is 0 Å². The maximum absolute atomic E-state index is 13.1. The molecule has 1 aromatic heterocycles. The number of rotatable bonds is 11. The third-order valence-electron chi connectivity index (χ3n) is 5.39. The van der Waals surface area contributed by atoms with Crippen molar-refractivity contribution in [1.29, 1.82) is 5.26 Å². The van der Waals surface area contributed by atoms with Gasteiger partial charge in [-0.05, 0) is 59.8 Å². The maximum Gasteiger partial charge on any atom is 0.271 e. The Morgan fingerprint density at radius 1 is 1.10 bits per heavy atom. The van der Waals surface area contributed by atoms with Gasteiger partial charge in [0, 0.05) is 30.1 Å². The van der Waals surface area contributed by atoms with Gasteiger partial charge in [0.05, 0.1) is 4.47 Å². The number of nitriles is 1. The largest absolute Gasteiger partial charge is 0.363 e. The van der Waals surface area contributed by atoms with E-state index >= 15 is 0 Å². The summed E-state index contributed by atoms with van der Waals surface area (Å²) in [7, 11) is 0. The summed E-state index contributed by atoms with van der Waals surface area (Å²) in [5.74, 6) is -0.788. The average Bonchev–Trinajstić information content (AvgIpc) is 3.11. The van der Waals surface area contributed by atoms with E-state index in [2.05, 4.69) is 34.7 Å². The van der Waals surface area contributed by atoms with Crippen molar-refractivity contribution in [3.8, 4) is 6.07 Å². The first-order valence-electron chi connectivity index (χ1n) is 11.1. The second-order valence-electron chi connectivity index (χ2n) is 7.78. The molecule has 0 atom stereocenters. The summed E-state index contributed by atoms with van der Waals surface area (Å²) in [5.41, 5.74) is 0.955. The van der Waals surface area contributed by atoms with E-state index in [4.69, 9.17) is 0 Å². The Balaban J connectivity index is 2.43. The first kappa shape index (κ1) is 25.4. The standard InChI is InChI=1S/C24H32BrN3O2S/c1-5-8-11-27(12-9-6-2)24-21(25)15-18(31-24)14-19-17(4)20(16-26)23(30)28(22(19)29)13-10-7-3/h14-15H,5-13H2,1-4H3/b19-14+. The van der Waals surface area contributed by atoms with Crippen molar-refractivity contribution in [2.75, 3.05) is 24.5 Å². The normalized spacial score (nSPS) is 15.7. The van der Waals surface area contributed by atoms with E-state index in [1.54, 1.807) is 18.3 Å². The van der Waals surface area contributed by atoms with Gasteiger partial charge < -0.3 is 4.90 Å². The number of carbonyl (C=O) groups is 2. The van der Waals surface area contributed by atoms with Crippen LogP contribution >= 0.6 is 27.3 Å². The molecule has 2 amide bonds. The van der Waals surface area contributed by atoms with E-state index in [0.717, 1.165) is 66.0 Å². The molecular formula is C24H32BrN3O2S. The second-order valence-corrected chi connectivity index (χ2v) is 9.70. The Morgan fingerprint density at radius 2 is 1.71 bits per heavy atom. The van der Waals surface area contributed by atoms with Crippen molar-refractivity contribution in [2.45, 2.75) is 66.2 Å². The highest BCUT2D eigenvalue weighted by atomic mass is 79.9. The maximum atomic E-state index is 13.1. The van der Waals surface area contributed by atoms with Gasteiger partial charge in [0.25, 0.3) is 11.8 Å². The Bertz CT molecular complexity index is 902. The number of amides is 2. The van der Waals surface area contributed by atoms with Gasteiger partial charge in [-0.2, -0.15) is 5.26 Å². The van der Waals surface area contributed by atoms with Gasteiger partial charge in [-0.15, -0.1) is 11.3 Å². The topological polar surface area (TPSA) is 64.4 Å². The van der Waals surface area contributed by atoms with Crippen LogP contribution in [0.5, 0.6) is 0 Å². The summed E-state index contributed by atoms with van der Waals surface area (Å²) in [5, 5.41) is 10.7. The summed E-state index contributed by atoms with van der Waals surface area (Å²) in [6, 6.07) is 4.03. The first-order valence-corrected chi connectivity index (χ1v) is 12.7. The van der Waals surface area contributed by atoms with Crippen molar-refractivity contribution < 1.29 is 9.59 Å². The van der Waals surface area contributed by atoms with Crippen LogP contribution in [0.25, 0.3) is 6.08 Å². The summed E-state index contributed by atoms with van der Waals surface area (Å²) in [6.07, 6.45) is 7.96. The molecule has 7 heteroatoms. The predicted octanol–water partition coefficient (Wildman–Crippen LogP) is 6.31. The fraction of sp³-hybridized carbons (Fsp3) is 0.542. The molecule has 1 aliphatic heterocycles. The minimum atomic E-state index is -0.478. The van der Waals surface area contributed by atoms with E-state index in [1.807, 2.05) is 25.1 Å². The van der Waals surface area contributed by atoms with Crippen LogP contribution in [0.15, 0.2) is 27.3 Å². The van der Waals surface area contributed by atoms with Gasteiger partial charge in [0.2, 0.25) is 0 Å². The van der Waals surface area contributed by atoms with Gasteiger partial charge in [-0.1, -0.05) is 40.0 Å². The number of unbranched alkanes of at least 4 members (excludes halogenated alkanes) is 3. The highest BCUT2D eigenvalue weighted by Gasteiger charge is 2.35. The van der Waals surface area contributed by atoms with E-state index in [1.165, 1.54) is 4.90 Å². The Kier molecular flexibility index (Phi) is 9.98. The van der Waals surface area contributed by atoms with Crippen LogP contribution in [-0.2, 0) is 9.59 Å². The quantitative estimate of drug-likeness (QED) is 0.261. The van der Waals surface area contributed by atoms with Crippen molar-refractivity contribution in [1.82, 2.24) is 4.90 Å². The van der Waals surface area contributed by atoms with E-state index < -0.39 is 5.91 Å². The third-order valence-corrected chi connectivity index (χ3v) is 7.40. The van der Waals surface area contributed by atoms with Crippen LogP contribution in [0.4, 0.5) is 5.00 Å². The smallest absolute Gasteiger partial charge is 0.271 e. The molecule has 168 valence electrons. The zero-order valence-electron chi connectivity index (χ0n) is 19.0. The summed E-state index contributed by atoms with van der Waals surface area (Å²) >= 11 is 5.34. The number of hydrogen-bond donors (Lipinski definition) is 0. The molecule has 0 fully saturated rings. The molecule has 0 saturated carbocycles.